The van der Waals surface area contributed by atoms with Crippen molar-refractivity contribution in [3.8, 4) is 0 Å². The van der Waals surface area contributed by atoms with Gasteiger partial charge in [0.15, 0.2) is 0 Å². The fraction of sp³-hybridized carbons (Fsp3) is 0.651. The molecule has 2 saturated carbocycles. The maximum atomic E-state index is 12.4. The molecule has 4 rings (SSSR count). The molecule has 252 valence electrons. The SMILES string of the molecule is CCC(=O)C1CCC(c2ccc(CCCCCCC(=O)CCCCCCc3ccc([C@H]4CC[C@H](C(=O)CC)CC4)cc3)cc2)CC1. The lowest BCUT2D eigenvalue weighted by Crippen LogP contribution is -2.20. The molecule has 3 heteroatoms. The molecular formula is C43H62O3. The summed E-state index contributed by atoms with van der Waals surface area (Å²) in [6, 6.07) is 18.5. The van der Waals surface area contributed by atoms with E-state index in [1.54, 1.807) is 0 Å². The molecule has 3 nitrogen and oxygen atoms in total. The number of aryl methyl sites for hydroxylation is 2. The second kappa shape index (κ2) is 20.0. The Balaban J connectivity index is 0.969. The van der Waals surface area contributed by atoms with Gasteiger partial charge in [-0.2, -0.15) is 0 Å². The van der Waals surface area contributed by atoms with Crippen molar-refractivity contribution in [3.63, 3.8) is 0 Å². The van der Waals surface area contributed by atoms with E-state index in [1.165, 1.54) is 47.9 Å². The summed E-state index contributed by atoms with van der Waals surface area (Å²) in [6.45, 7) is 3.98. The summed E-state index contributed by atoms with van der Waals surface area (Å²) in [5, 5.41) is 0. The lowest BCUT2D eigenvalue weighted by Gasteiger charge is -2.28. The Morgan fingerprint density at radius 3 is 1.17 bits per heavy atom. The highest BCUT2D eigenvalue weighted by Gasteiger charge is 2.27. The van der Waals surface area contributed by atoms with E-state index >= 15 is 0 Å². The molecule has 0 bridgehead atoms. The predicted octanol–water partition coefficient (Wildman–Crippen LogP) is 11.4. The van der Waals surface area contributed by atoms with Gasteiger partial charge in [0.25, 0.3) is 0 Å². The van der Waals surface area contributed by atoms with Gasteiger partial charge in [-0.25, -0.2) is 0 Å². The van der Waals surface area contributed by atoms with Gasteiger partial charge in [-0.3, -0.25) is 14.4 Å². The maximum Gasteiger partial charge on any atom is 0.135 e. The molecule has 0 radical (unpaired) electrons. The Kier molecular flexibility index (Phi) is 15.7. The van der Waals surface area contributed by atoms with E-state index in [0.717, 1.165) is 103 Å². The Morgan fingerprint density at radius 2 is 0.826 bits per heavy atom. The summed E-state index contributed by atoms with van der Waals surface area (Å²) in [4.78, 5) is 36.4. The third kappa shape index (κ3) is 11.9. The molecule has 0 unspecified atom stereocenters. The number of carbonyl (C=O) groups excluding carboxylic acids is 3. The minimum atomic E-state index is 0.308. The molecule has 0 amide bonds. The standard InChI is InChI=1S/C43H62O3/c1-3-42(45)39-29-25-37(26-30-39)35-21-17-33(18-22-35)13-9-5-7-11-15-41(44)16-12-8-6-10-14-34-19-23-36(24-20-34)38-27-31-40(32-28-38)43(46)4-2/h17-24,37-40H,3-16,25-32H2,1-2H3/t37-,38?,39-,40?. The van der Waals surface area contributed by atoms with Crippen LogP contribution in [0.1, 0.15) is 176 Å². The van der Waals surface area contributed by atoms with Crippen molar-refractivity contribution >= 4 is 17.3 Å². The van der Waals surface area contributed by atoms with Crippen molar-refractivity contribution in [2.75, 3.05) is 0 Å². The Bertz CT molecular complexity index is 1080. The molecule has 2 aliphatic carbocycles. The number of hydrogen-bond acceptors (Lipinski definition) is 3. The van der Waals surface area contributed by atoms with Crippen LogP contribution in [0.2, 0.25) is 0 Å². The van der Waals surface area contributed by atoms with Crippen LogP contribution in [0.25, 0.3) is 0 Å². The maximum absolute atomic E-state index is 12.4. The fourth-order valence-corrected chi connectivity index (χ4v) is 8.12. The second-order valence-electron chi connectivity index (χ2n) is 14.6. The lowest BCUT2D eigenvalue weighted by molar-refractivity contribution is -0.124. The van der Waals surface area contributed by atoms with Crippen LogP contribution in [0.3, 0.4) is 0 Å². The molecule has 0 spiro atoms. The van der Waals surface area contributed by atoms with Crippen LogP contribution in [0.5, 0.6) is 0 Å². The van der Waals surface area contributed by atoms with Gasteiger partial charge in [0.05, 0.1) is 0 Å². The minimum absolute atomic E-state index is 0.308. The first-order valence-electron chi connectivity index (χ1n) is 19.2. The Morgan fingerprint density at radius 1 is 0.478 bits per heavy atom. The second-order valence-corrected chi connectivity index (χ2v) is 14.6. The first kappa shape index (κ1) is 36.3. The van der Waals surface area contributed by atoms with Gasteiger partial charge >= 0.3 is 0 Å². The zero-order chi connectivity index (χ0) is 32.6. The van der Waals surface area contributed by atoms with Gasteiger partial charge in [0, 0.05) is 37.5 Å². The number of carbonyl (C=O) groups is 3. The van der Waals surface area contributed by atoms with Crippen LogP contribution >= 0.6 is 0 Å². The number of unbranched alkanes of at least 4 members (excludes halogenated alkanes) is 6. The molecule has 2 aromatic carbocycles. The summed E-state index contributed by atoms with van der Waals surface area (Å²) in [5.74, 6) is 3.22. The average molecular weight is 627 g/mol. The quantitative estimate of drug-likeness (QED) is 0.137. The highest BCUT2D eigenvalue weighted by atomic mass is 16.1. The topological polar surface area (TPSA) is 51.2 Å². The van der Waals surface area contributed by atoms with Gasteiger partial charge in [-0.05, 0) is 124 Å². The van der Waals surface area contributed by atoms with E-state index in [-0.39, 0.29) is 0 Å². The average Bonchev–Trinajstić information content (AvgIpc) is 3.11. The van der Waals surface area contributed by atoms with E-state index in [2.05, 4.69) is 48.5 Å². The van der Waals surface area contributed by atoms with Crippen LogP contribution in [0, 0.1) is 11.8 Å². The molecule has 0 saturated heterocycles. The normalized spacial score (nSPS) is 21.6. The predicted molar refractivity (Wildman–Crippen MR) is 191 cm³/mol. The summed E-state index contributed by atoms with van der Waals surface area (Å²) in [5.41, 5.74) is 5.75. The summed E-state index contributed by atoms with van der Waals surface area (Å²) < 4.78 is 0. The van der Waals surface area contributed by atoms with Crippen molar-refractivity contribution in [1.82, 2.24) is 0 Å². The first-order valence-corrected chi connectivity index (χ1v) is 19.2. The molecule has 0 atom stereocenters. The molecule has 0 N–H and O–H groups in total. The molecular weight excluding hydrogens is 564 g/mol. The van der Waals surface area contributed by atoms with Crippen LogP contribution in [0.15, 0.2) is 48.5 Å². The van der Waals surface area contributed by atoms with Gasteiger partial charge in [0.2, 0.25) is 0 Å². The number of rotatable bonds is 20. The van der Waals surface area contributed by atoms with E-state index in [0.29, 0.717) is 53.9 Å². The summed E-state index contributed by atoms with van der Waals surface area (Å²) in [6.07, 6.45) is 23.1. The van der Waals surface area contributed by atoms with Crippen LogP contribution in [-0.4, -0.2) is 17.3 Å². The van der Waals surface area contributed by atoms with Crippen molar-refractivity contribution in [2.45, 2.75) is 167 Å². The van der Waals surface area contributed by atoms with Crippen molar-refractivity contribution in [3.05, 3.63) is 70.8 Å². The molecule has 0 heterocycles. The van der Waals surface area contributed by atoms with Crippen LogP contribution in [-0.2, 0) is 27.2 Å². The van der Waals surface area contributed by atoms with Gasteiger partial charge in [-0.1, -0.05) is 88.1 Å². The van der Waals surface area contributed by atoms with Crippen molar-refractivity contribution in [1.29, 1.82) is 0 Å². The Labute approximate surface area is 280 Å². The van der Waals surface area contributed by atoms with E-state index in [1.807, 2.05) is 13.8 Å². The monoisotopic (exact) mass is 626 g/mol. The van der Waals surface area contributed by atoms with E-state index in [9.17, 15) is 14.4 Å². The zero-order valence-electron chi connectivity index (χ0n) is 29.2. The third-order valence-electron chi connectivity index (χ3n) is 11.3. The number of benzene rings is 2. The summed E-state index contributed by atoms with van der Waals surface area (Å²) >= 11 is 0. The highest BCUT2D eigenvalue weighted by Crippen LogP contribution is 2.37. The van der Waals surface area contributed by atoms with E-state index in [4.69, 9.17) is 0 Å². The molecule has 0 aromatic heterocycles. The smallest absolute Gasteiger partial charge is 0.135 e. The third-order valence-corrected chi connectivity index (χ3v) is 11.3. The van der Waals surface area contributed by atoms with Crippen molar-refractivity contribution < 1.29 is 14.4 Å². The molecule has 2 aromatic rings. The molecule has 46 heavy (non-hydrogen) atoms. The fourth-order valence-electron chi connectivity index (χ4n) is 8.12. The van der Waals surface area contributed by atoms with Gasteiger partial charge in [0.1, 0.15) is 17.3 Å². The minimum Gasteiger partial charge on any atom is -0.300 e. The van der Waals surface area contributed by atoms with Crippen LogP contribution < -0.4 is 0 Å². The van der Waals surface area contributed by atoms with Gasteiger partial charge in [-0.15, -0.1) is 0 Å². The number of hydrogen-bond donors (Lipinski definition) is 0. The molecule has 2 aliphatic rings. The largest absolute Gasteiger partial charge is 0.300 e. The van der Waals surface area contributed by atoms with Crippen molar-refractivity contribution in [2.24, 2.45) is 11.8 Å². The van der Waals surface area contributed by atoms with Gasteiger partial charge < -0.3 is 0 Å². The molecule has 0 aliphatic heterocycles. The Hall–Kier alpha value is -2.55. The molecule has 2 fully saturated rings. The van der Waals surface area contributed by atoms with E-state index < -0.39 is 0 Å². The first-order chi connectivity index (χ1) is 22.5. The van der Waals surface area contributed by atoms with Crippen LogP contribution in [0.4, 0.5) is 0 Å². The zero-order valence-corrected chi connectivity index (χ0v) is 29.2. The number of ketones is 3. The number of Topliss-reactive ketones (excluding diaryl/α,β-unsaturated/α-hetero) is 3. The summed E-state index contributed by atoms with van der Waals surface area (Å²) in [7, 11) is 0. The lowest BCUT2D eigenvalue weighted by atomic mass is 9.76. The highest BCUT2D eigenvalue weighted by molar-refractivity contribution is 5.81.